The molecule has 1 aliphatic heterocycles. The highest BCUT2D eigenvalue weighted by molar-refractivity contribution is 5.45. The van der Waals surface area contributed by atoms with Gasteiger partial charge in [-0.25, -0.2) is 0 Å². The highest BCUT2D eigenvalue weighted by Crippen LogP contribution is 2.48. The number of hydrogen-bond donors (Lipinski definition) is 2. The van der Waals surface area contributed by atoms with Gasteiger partial charge in [0.1, 0.15) is 0 Å². The minimum absolute atomic E-state index is 0.259. The Morgan fingerprint density at radius 3 is 2.90 bits per heavy atom. The van der Waals surface area contributed by atoms with Gasteiger partial charge in [-0.1, -0.05) is 6.07 Å². The van der Waals surface area contributed by atoms with E-state index in [-0.39, 0.29) is 6.79 Å². The van der Waals surface area contributed by atoms with Gasteiger partial charge in [0.25, 0.3) is 0 Å². The molecule has 1 unspecified atom stereocenters. The molecule has 0 spiro atoms. The monoisotopic (exact) mass is 293 g/mol. The Balaban J connectivity index is 1.47. The van der Waals surface area contributed by atoms with E-state index in [0.717, 1.165) is 30.9 Å². The number of aliphatic hydroxyl groups excluding tert-OH is 1. The van der Waals surface area contributed by atoms with Gasteiger partial charge in [-0.3, -0.25) is 0 Å². The first kappa shape index (κ1) is 14.6. The van der Waals surface area contributed by atoms with Crippen LogP contribution in [0, 0.1) is 5.41 Å². The second-order valence-electron chi connectivity index (χ2n) is 6.00. The molecule has 0 radical (unpaired) electrons. The Labute approximate surface area is 125 Å². The quantitative estimate of drug-likeness (QED) is 0.766. The zero-order chi connectivity index (χ0) is 14.7. The van der Waals surface area contributed by atoms with Crippen molar-refractivity contribution in [2.24, 2.45) is 5.41 Å². The SMILES string of the molecule is COCCC1(CNCC(O)c2ccc3c(c2)OCO3)CC1. The van der Waals surface area contributed by atoms with Crippen molar-refractivity contribution in [1.29, 1.82) is 0 Å². The number of ether oxygens (including phenoxy) is 3. The predicted molar refractivity (Wildman–Crippen MR) is 78.6 cm³/mol. The third-order valence-corrected chi connectivity index (χ3v) is 4.41. The van der Waals surface area contributed by atoms with Crippen LogP contribution < -0.4 is 14.8 Å². The summed E-state index contributed by atoms with van der Waals surface area (Å²) in [5, 5.41) is 13.6. The first-order valence-electron chi connectivity index (χ1n) is 7.50. The zero-order valence-electron chi connectivity index (χ0n) is 12.4. The number of benzene rings is 1. The second kappa shape index (κ2) is 6.22. The van der Waals surface area contributed by atoms with Crippen LogP contribution in [0.2, 0.25) is 0 Å². The number of hydrogen-bond acceptors (Lipinski definition) is 5. The smallest absolute Gasteiger partial charge is 0.231 e. The molecule has 1 aliphatic carbocycles. The number of nitrogens with one attached hydrogen (secondary N) is 1. The number of methoxy groups -OCH3 is 1. The van der Waals surface area contributed by atoms with Gasteiger partial charge in [-0.15, -0.1) is 0 Å². The fourth-order valence-corrected chi connectivity index (χ4v) is 2.72. The summed E-state index contributed by atoms with van der Waals surface area (Å²) in [7, 11) is 1.74. The summed E-state index contributed by atoms with van der Waals surface area (Å²) in [6.45, 7) is 2.56. The Kier molecular flexibility index (Phi) is 4.33. The molecule has 1 fully saturated rings. The Morgan fingerprint density at radius 2 is 2.14 bits per heavy atom. The van der Waals surface area contributed by atoms with Crippen molar-refractivity contribution < 1.29 is 19.3 Å². The fourth-order valence-electron chi connectivity index (χ4n) is 2.72. The number of fused-ring (bicyclic) bond motifs is 1. The fraction of sp³-hybridized carbons (Fsp3) is 0.625. The summed E-state index contributed by atoms with van der Waals surface area (Å²) >= 11 is 0. The lowest BCUT2D eigenvalue weighted by atomic mass is 10.0. The molecule has 116 valence electrons. The third kappa shape index (κ3) is 3.48. The summed E-state index contributed by atoms with van der Waals surface area (Å²) in [5.41, 5.74) is 1.25. The van der Waals surface area contributed by atoms with E-state index in [9.17, 15) is 5.11 Å². The van der Waals surface area contributed by atoms with Crippen LogP contribution in [-0.4, -0.2) is 38.7 Å². The molecule has 1 aromatic rings. The summed E-state index contributed by atoms with van der Waals surface area (Å²) in [5.74, 6) is 1.46. The highest BCUT2D eigenvalue weighted by atomic mass is 16.7. The molecule has 2 N–H and O–H groups in total. The van der Waals surface area contributed by atoms with E-state index in [2.05, 4.69) is 5.32 Å². The molecule has 3 rings (SSSR count). The topological polar surface area (TPSA) is 60.0 Å². The van der Waals surface area contributed by atoms with Crippen LogP contribution >= 0.6 is 0 Å². The van der Waals surface area contributed by atoms with Crippen LogP contribution in [0.3, 0.4) is 0 Å². The normalized spacial score (nSPS) is 19.5. The van der Waals surface area contributed by atoms with Crippen molar-refractivity contribution in [3.63, 3.8) is 0 Å². The first-order valence-corrected chi connectivity index (χ1v) is 7.50. The van der Waals surface area contributed by atoms with Crippen molar-refractivity contribution in [3.8, 4) is 11.5 Å². The summed E-state index contributed by atoms with van der Waals surface area (Å²) < 4.78 is 15.8. The van der Waals surface area contributed by atoms with Crippen molar-refractivity contribution >= 4 is 0 Å². The van der Waals surface area contributed by atoms with Gasteiger partial charge in [-0.2, -0.15) is 0 Å². The molecule has 5 heteroatoms. The summed E-state index contributed by atoms with van der Waals surface area (Å²) in [4.78, 5) is 0. The van der Waals surface area contributed by atoms with Crippen LogP contribution in [0.5, 0.6) is 11.5 Å². The van der Waals surface area contributed by atoms with Crippen LogP contribution in [0.1, 0.15) is 30.9 Å². The first-order chi connectivity index (χ1) is 10.2. The van der Waals surface area contributed by atoms with Gasteiger partial charge < -0.3 is 24.6 Å². The Hall–Kier alpha value is -1.30. The molecule has 5 nitrogen and oxygen atoms in total. The molecule has 0 bridgehead atoms. The van der Waals surface area contributed by atoms with Gasteiger partial charge in [-0.05, 0) is 42.4 Å². The maximum absolute atomic E-state index is 10.3. The van der Waals surface area contributed by atoms with E-state index < -0.39 is 6.10 Å². The molecule has 21 heavy (non-hydrogen) atoms. The van der Waals surface area contributed by atoms with E-state index in [1.807, 2.05) is 18.2 Å². The second-order valence-corrected chi connectivity index (χ2v) is 6.00. The molecule has 1 saturated carbocycles. The lowest BCUT2D eigenvalue weighted by Gasteiger charge is -2.18. The summed E-state index contributed by atoms with van der Waals surface area (Å²) in [6.07, 6.45) is 3.07. The molecule has 0 saturated heterocycles. The highest BCUT2D eigenvalue weighted by Gasteiger charge is 2.41. The van der Waals surface area contributed by atoms with Gasteiger partial charge in [0, 0.05) is 26.8 Å². The van der Waals surface area contributed by atoms with Crippen LogP contribution in [0.25, 0.3) is 0 Å². The van der Waals surface area contributed by atoms with Gasteiger partial charge in [0.2, 0.25) is 6.79 Å². The van der Waals surface area contributed by atoms with Gasteiger partial charge >= 0.3 is 0 Å². The molecular formula is C16H23NO4. The van der Waals surface area contributed by atoms with E-state index >= 15 is 0 Å². The molecular weight excluding hydrogens is 270 g/mol. The summed E-state index contributed by atoms with van der Waals surface area (Å²) in [6, 6.07) is 5.59. The van der Waals surface area contributed by atoms with Crippen LogP contribution in [0.4, 0.5) is 0 Å². The Morgan fingerprint density at radius 1 is 1.33 bits per heavy atom. The van der Waals surface area contributed by atoms with Gasteiger partial charge in [0.15, 0.2) is 11.5 Å². The van der Waals surface area contributed by atoms with E-state index in [1.54, 1.807) is 7.11 Å². The van der Waals surface area contributed by atoms with Crippen LogP contribution in [-0.2, 0) is 4.74 Å². The van der Waals surface area contributed by atoms with Crippen LogP contribution in [0.15, 0.2) is 18.2 Å². The number of rotatable bonds is 8. The largest absolute Gasteiger partial charge is 0.454 e. The Bertz CT molecular complexity index is 487. The standard InChI is InChI=1S/C16H23NO4/c1-19-7-6-16(4-5-16)10-17-9-13(18)12-2-3-14-15(8-12)21-11-20-14/h2-3,8,13,17-18H,4-7,9-11H2,1H3. The van der Waals surface area contributed by atoms with E-state index in [0.29, 0.717) is 17.7 Å². The molecule has 1 aromatic carbocycles. The predicted octanol–water partition coefficient (Wildman–Crippen LogP) is 1.85. The van der Waals surface area contributed by atoms with Crippen molar-refractivity contribution in [2.75, 3.05) is 33.6 Å². The molecule has 1 heterocycles. The maximum Gasteiger partial charge on any atom is 0.231 e. The minimum Gasteiger partial charge on any atom is -0.454 e. The molecule has 2 aliphatic rings. The maximum atomic E-state index is 10.3. The average Bonchev–Trinajstić information content (AvgIpc) is 3.10. The van der Waals surface area contributed by atoms with Gasteiger partial charge in [0.05, 0.1) is 6.10 Å². The van der Waals surface area contributed by atoms with E-state index in [1.165, 1.54) is 12.8 Å². The van der Waals surface area contributed by atoms with E-state index in [4.69, 9.17) is 14.2 Å². The van der Waals surface area contributed by atoms with Crippen molar-refractivity contribution in [1.82, 2.24) is 5.32 Å². The van der Waals surface area contributed by atoms with Crippen molar-refractivity contribution in [3.05, 3.63) is 23.8 Å². The lowest BCUT2D eigenvalue weighted by molar-refractivity contribution is 0.158. The molecule has 0 amide bonds. The minimum atomic E-state index is -0.530. The number of aliphatic hydroxyl groups is 1. The average molecular weight is 293 g/mol. The molecule has 0 aromatic heterocycles. The third-order valence-electron chi connectivity index (χ3n) is 4.41. The van der Waals surface area contributed by atoms with Crippen molar-refractivity contribution in [2.45, 2.75) is 25.4 Å². The molecule has 1 atom stereocenters. The zero-order valence-corrected chi connectivity index (χ0v) is 12.4. The lowest BCUT2D eigenvalue weighted by Crippen LogP contribution is -2.29.